The van der Waals surface area contributed by atoms with E-state index in [1.165, 1.54) is 11.3 Å². The van der Waals surface area contributed by atoms with E-state index in [9.17, 15) is 14.9 Å². The van der Waals surface area contributed by atoms with Gasteiger partial charge < -0.3 is 24.0 Å². The van der Waals surface area contributed by atoms with Crippen LogP contribution < -0.4 is 15.4 Å². The summed E-state index contributed by atoms with van der Waals surface area (Å²) in [6.45, 7) is 12.4. The number of aromatic nitrogens is 3. The summed E-state index contributed by atoms with van der Waals surface area (Å²) < 4.78 is 7.24. The number of nitrogens with zero attached hydrogens (tertiary/aromatic N) is 7. The van der Waals surface area contributed by atoms with E-state index in [4.69, 9.17) is 9.72 Å². The third kappa shape index (κ3) is 5.81. The lowest BCUT2D eigenvalue weighted by Crippen LogP contribution is -2.50. The molecule has 218 valence electrons. The van der Waals surface area contributed by atoms with Gasteiger partial charge in [0.25, 0.3) is 5.56 Å². The number of thiazole rings is 1. The zero-order valence-electron chi connectivity index (χ0n) is 24.8. The Morgan fingerprint density at radius 2 is 1.88 bits per heavy atom. The van der Waals surface area contributed by atoms with Gasteiger partial charge in [0.15, 0.2) is 5.13 Å². The summed E-state index contributed by atoms with van der Waals surface area (Å²) in [5.41, 5.74) is 3.45. The highest BCUT2D eigenvalue weighted by molar-refractivity contribution is 7.16. The molecule has 0 aliphatic carbocycles. The molecule has 4 heterocycles. The Labute approximate surface area is 249 Å². The molecule has 10 nitrogen and oxygen atoms in total. The Bertz CT molecular complexity index is 1720. The number of carbonyl (C=O) groups is 1. The second-order valence-corrected chi connectivity index (χ2v) is 12.3. The van der Waals surface area contributed by atoms with Crippen LogP contribution >= 0.6 is 11.3 Å². The molecule has 1 fully saturated rings. The molecular formula is C31H35N7O3S. The van der Waals surface area contributed by atoms with Crippen molar-refractivity contribution in [2.24, 2.45) is 0 Å². The minimum Gasteiger partial charge on any atom is -0.444 e. The van der Waals surface area contributed by atoms with Crippen LogP contribution in [0, 0.1) is 18.3 Å². The van der Waals surface area contributed by atoms with Crippen LogP contribution in [0.1, 0.15) is 38.3 Å². The Morgan fingerprint density at radius 1 is 1.14 bits per heavy atom. The largest absolute Gasteiger partial charge is 0.444 e. The van der Waals surface area contributed by atoms with E-state index in [2.05, 4.69) is 16.0 Å². The highest BCUT2D eigenvalue weighted by atomic mass is 32.1. The second-order valence-electron chi connectivity index (χ2n) is 11.3. The predicted octanol–water partition coefficient (Wildman–Crippen LogP) is 5.55. The Kier molecular flexibility index (Phi) is 7.93. The van der Waals surface area contributed by atoms with Gasteiger partial charge in [0.05, 0.1) is 5.69 Å². The molecule has 5 rings (SSSR count). The molecule has 1 aliphatic heterocycles. The molecule has 42 heavy (non-hydrogen) atoms. The van der Waals surface area contributed by atoms with Crippen LogP contribution in [0.4, 0.5) is 21.3 Å². The third-order valence-corrected chi connectivity index (χ3v) is 8.27. The molecule has 0 spiro atoms. The molecule has 1 aromatic carbocycles. The fourth-order valence-electron chi connectivity index (χ4n) is 4.97. The molecule has 0 atom stereocenters. The summed E-state index contributed by atoms with van der Waals surface area (Å²) in [7, 11) is 1.91. The Hall–Kier alpha value is -4.43. The molecule has 3 aromatic heterocycles. The number of ether oxygens (including phenoxy) is 1. The number of nitriles is 1. The first-order valence-electron chi connectivity index (χ1n) is 14.0. The van der Waals surface area contributed by atoms with Crippen LogP contribution in [0.3, 0.4) is 0 Å². The number of hydrogen-bond acceptors (Lipinski definition) is 9. The average Bonchev–Trinajstić information content (AvgIpc) is 3.41. The number of rotatable bonds is 5. The van der Waals surface area contributed by atoms with Crippen molar-refractivity contribution in [2.45, 2.75) is 46.8 Å². The van der Waals surface area contributed by atoms with Gasteiger partial charge in [0.1, 0.15) is 22.2 Å². The van der Waals surface area contributed by atoms with Crippen molar-refractivity contribution in [3.8, 4) is 17.3 Å². The van der Waals surface area contributed by atoms with Gasteiger partial charge in [-0.1, -0.05) is 11.3 Å². The average molecular weight is 586 g/mol. The first-order chi connectivity index (χ1) is 20.0. The summed E-state index contributed by atoms with van der Waals surface area (Å²) in [6, 6.07) is 12.0. The molecule has 0 bridgehead atoms. The quantitative estimate of drug-likeness (QED) is 0.300. The van der Waals surface area contributed by atoms with Crippen LogP contribution in [0.25, 0.3) is 22.0 Å². The van der Waals surface area contributed by atoms with Crippen LogP contribution in [-0.2, 0) is 11.3 Å². The van der Waals surface area contributed by atoms with Gasteiger partial charge >= 0.3 is 6.09 Å². The number of pyridine rings is 2. The van der Waals surface area contributed by atoms with Gasteiger partial charge in [0.2, 0.25) is 0 Å². The number of hydrogen-bond donors (Lipinski definition) is 0. The molecular weight excluding hydrogens is 550 g/mol. The van der Waals surface area contributed by atoms with Crippen molar-refractivity contribution in [2.75, 3.05) is 43.0 Å². The molecule has 11 heteroatoms. The smallest absolute Gasteiger partial charge is 0.410 e. The van der Waals surface area contributed by atoms with Crippen LogP contribution in [0.15, 0.2) is 47.5 Å². The first kappa shape index (κ1) is 29.1. The van der Waals surface area contributed by atoms with Gasteiger partial charge in [0, 0.05) is 79.9 Å². The summed E-state index contributed by atoms with van der Waals surface area (Å²) in [5.74, 6) is 0. The van der Waals surface area contributed by atoms with Crippen LogP contribution in [0.5, 0.6) is 0 Å². The third-order valence-electron chi connectivity index (χ3n) is 7.24. The van der Waals surface area contributed by atoms with Crippen molar-refractivity contribution < 1.29 is 9.53 Å². The maximum absolute atomic E-state index is 13.3. The molecule has 1 amide bonds. The fraction of sp³-hybridized carbons (Fsp3) is 0.387. The van der Waals surface area contributed by atoms with Gasteiger partial charge in [-0.25, -0.2) is 9.78 Å². The minimum atomic E-state index is -0.538. The minimum absolute atomic E-state index is 0.0609. The molecule has 0 N–H and O–H groups in total. The summed E-state index contributed by atoms with van der Waals surface area (Å²) in [6.07, 6.45) is 3.29. The molecule has 4 aromatic rings. The number of amides is 1. The fourth-order valence-corrected chi connectivity index (χ4v) is 5.83. The Morgan fingerprint density at radius 3 is 2.50 bits per heavy atom. The predicted molar refractivity (Wildman–Crippen MR) is 167 cm³/mol. The van der Waals surface area contributed by atoms with Crippen LogP contribution in [-0.4, -0.2) is 64.4 Å². The maximum atomic E-state index is 13.3. The SMILES string of the molecule is CCn1cc(N(C)c2nc(-c3ccc(C)nc3)c(C#N)s2)c2cc(N3CCN(C(=O)OC(C)(C)C)CC3)ccc2c1=O. The van der Waals surface area contributed by atoms with E-state index in [0.29, 0.717) is 53.8 Å². The van der Waals surface area contributed by atoms with Gasteiger partial charge in [-0.15, -0.1) is 0 Å². The van der Waals surface area contributed by atoms with Crippen molar-refractivity contribution in [3.05, 3.63) is 63.7 Å². The van der Waals surface area contributed by atoms with Gasteiger partial charge in [-0.05, 0) is 65.0 Å². The van der Waals surface area contributed by atoms with E-state index in [1.54, 1.807) is 15.7 Å². The van der Waals surface area contributed by atoms with E-state index in [1.807, 2.05) is 83.1 Å². The zero-order valence-corrected chi connectivity index (χ0v) is 25.7. The normalized spacial score (nSPS) is 13.7. The maximum Gasteiger partial charge on any atom is 0.410 e. The molecule has 0 unspecified atom stereocenters. The summed E-state index contributed by atoms with van der Waals surface area (Å²) in [5, 5.41) is 11.9. The highest BCUT2D eigenvalue weighted by Crippen LogP contribution is 2.38. The Balaban J connectivity index is 1.49. The first-order valence-corrected chi connectivity index (χ1v) is 14.8. The van der Waals surface area contributed by atoms with E-state index >= 15 is 0 Å². The molecule has 0 saturated carbocycles. The number of benzene rings is 1. The summed E-state index contributed by atoms with van der Waals surface area (Å²) >= 11 is 1.31. The topological polar surface area (TPSA) is 108 Å². The van der Waals surface area contributed by atoms with E-state index < -0.39 is 5.60 Å². The van der Waals surface area contributed by atoms with Gasteiger partial charge in [-0.2, -0.15) is 5.26 Å². The van der Waals surface area contributed by atoms with Gasteiger partial charge in [-0.3, -0.25) is 9.78 Å². The van der Waals surface area contributed by atoms with Crippen molar-refractivity contribution in [1.82, 2.24) is 19.4 Å². The van der Waals surface area contributed by atoms with Crippen molar-refractivity contribution in [3.63, 3.8) is 0 Å². The molecule has 1 aliphatic rings. The number of fused-ring (bicyclic) bond motifs is 1. The summed E-state index contributed by atoms with van der Waals surface area (Å²) in [4.78, 5) is 41.5. The highest BCUT2D eigenvalue weighted by Gasteiger charge is 2.27. The number of carbonyl (C=O) groups excluding carboxylic acids is 1. The lowest BCUT2D eigenvalue weighted by molar-refractivity contribution is 0.0240. The van der Waals surface area contributed by atoms with E-state index in [0.717, 1.165) is 28.0 Å². The lowest BCUT2D eigenvalue weighted by atomic mass is 10.1. The van der Waals surface area contributed by atoms with Crippen molar-refractivity contribution in [1.29, 1.82) is 5.26 Å². The second kappa shape index (κ2) is 11.4. The zero-order chi connectivity index (χ0) is 30.2. The lowest BCUT2D eigenvalue weighted by Gasteiger charge is -2.37. The van der Waals surface area contributed by atoms with Crippen LogP contribution in [0.2, 0.25) is 0 Å². The molecule has 0 radical (unpaired) electrons. The van der Waals surface area contributed by atoms with Crippen molar-refractivity contribution >= 4 is 44.7 Å². The number of anilines is 3. The van der Waals surface area contributed by atoms with E-state index in [-0.39, 0.29) is 11.7 Å². The monoisotopic (exact) mass is 585 g/mol. The standard InChI is InChI=1S/C31H35N7O3S/c1-7-36-19-25(35(6)29-34-27(26(17-32)42-29)21-9-8-20(2)33-18-21)24-16-22(10-11-23(24)28(36)39)37-12-14-38(15-13-37)30(40)41-31(3,4)5/h8-11,16,18-19H,7,12-15H2,1-6H3. The number of aryl methyl sites for hydroxylation is 2. The molecule has 1 saturated heterocycles. The number of piperazine rings is 1.